The fourth-order valence-electron chi connectivity index (χ4n) is 2.17. The summed E-state index contributed by atoms with van der Waals surface area (Å²) in [5.74, 6) is 0.970. The van der Waals surface area contributed by atoms with Crippen molar-refractivity contribution < 1.29 is 0 Å². The molecule has 0 saturated heterocycles. The summed E-state index contributed by atoms with van der Waals surface area (Å²) in [4.78, 5) is 4.21. The van der Waals surface area contributed by atoms with Gasteiger partial charge in [-0.2, -0.15) is 0 Å². The highest BCUT2D eigenvalue weighted by Gasteiger charge is 2.13. The van der Waals surface area contributed by atoms with Crippen LogP contribution in [0.15, 0.2) is 6.20 Å². The molecule has 1 heterocycles. The molecule has 0 aromatic carbocycles. The maximum absolute atomic E-state index is 5.81. The molecule has 2 rings (SSSR count). The molecule has 1 saturated carbocycles. The molecule has 1 aliphatic carbocycles. The molecule has 15 heavy (non-hydrogen) atoms. The Morgan fingerprint density at radius 2 is 2.27 bits per heavy atom. The second kappa shape index (κ2) is 5.83. The average Bonchev–Trinajstić information content (AvgIpc) is 2.84. The molecule has 84 valence electrons. The van der Waals surface area contributed by atoms with E-state index in [-0.39, 0.29) is 0 Å². The van der Waals surface area contributed by atoms with Crippen LogP contribution in [0.5, 0.6) is 0 Å². The van der Waals surface area contributed by atoms with E-state index in [0.717, 1.165) is 28.4 Å². The molecule has 0 spiro atoms. The first-order chi connectivity index (χ1) is 7.34. The van der Waals surface area contributed by atoms with Gasteiger partial charge in [0.15, 0.2) is 0 Å². The highest BCUT2D eigenvalue weighted by Crippen LogP contribution is 2.27. The number of rotatable bonds is 5. The summed E-state index contributed by atoms with van der Waals surface area (Å²) in [6.07, 6.45) is 8.79. The van der Waals surface area contributed by atoms with Crippen LogP contribution >= 0.6 is 22.9 Å². The molecule has 0 aliphatic heterocycles. The van der Waals surface area contributed by atoms with Crippen molar-refractivity contribution in [3.63, 3.8) is 0 Å². The molecule has 0 amide bonds. The van der Waals surface area contributed by atoms with Gasteiger partial charge in [-0.05, 0) is 18.9 Å². The Morgan fingerprint density at radius 1 is 1.47 bits per heavy atom. The Hall–Kier alpha value is -0.120. The smallest absolute Gasteiger partial charge is 0.113 e. The average molecular weight is 245 g/mol. The monoisotopic (exact) mass is 244 g/mol. The summed E-state index contributed by atoms with van der Waals surface area (Å²) >= 11 is 7.37. The van der Waals surface area contributed by atoms with Crippen LogP contribution in [0, 0.1) is 5.92 Å². The second-order valence-electron chi connectivity index (χ2n) is 4.17. The summed E-state index contributed by atoms with van der Waals surface area (Å²) in [6, 6.07) is 0. The van der Waals surface area contributed by atoms with Crippen LogP contribution in [0.2, 0.25) is 4.34 Å². The van der Waals surface area contributed by atoms with Gasteiger partial charge in [-0.25, -0.2) is 4.98 Å². The first-order valence-corrected chi connectivity index (χ1v) is 6.85. The van der Waals surface area contributed by atoms with Gasteiger partial charge in [0.1, 0.15) is 9.34 Å². The van der Waals surface area contributed by atoms with E-state index in [0.29, 0.717) is 0 Å². The third-order valence-electron chi connectivity index (χ3n) is 3.01. The van der Waals surface area contributed by atoms with E-state index in [1.165, 1.54) is 32.1 Å². The first-order valence-electron chi connectivity index (χ1n) is 5.65. The molecule has 1 fully saturated rings. The minimum Gasteiger partial charge on any atom is -0.310 e. The standard InChI is InChI=1S/C11H17ClN2S/c12-10-7-14-11(15-10)8-13-6-5-9-3-1-2-4-9/h7,9,13H,1-6,8H2. The van der Waals surface area contributed by atoms with Crippen molar-refractivity contribution in [3.05, 3.63) is 15.5 Å². The van der Waals surface area contributed by atoms with Gasteiger partial charge < -0.3 is 5.32 Å². The zero-order valence-corrected chi connectivity index (χ0v) is 10.4. The molecule has 2 nitrogen and oxygen atoms in total. The second-order valence-corrected chi connectivity index (χ2v) is 5.92. The van der Waals surface area contributed by atoms with Crippen LogP contribution in [-0.2, 0) is 6.54 Å². The van der Waals surface area contributed by atoms with Crippen LogP contribution in [0.4, 0.5) is 0 Å². The van der Waals surface area contributed by atoms with Crippen molar-refractivity contribution in [1.82, 2.24) is 10.3 Å². The van der Waals surface area contributed by atoms with E-state index >= 15 is 0 Å². The van der Waals surface area contributed by atoms with Gasteiger partial charge in [-0.3, -0.25) is 0 Å². The molecule has 0 radical (unpaired) electrons. The van der Waals surface area contributed by atoms with Gasteiger partial charge >= 0.3 is 0 Å². The van der Waals surface area contributed by atoms with E-state index < -0.39 is 0 Å². The minimum absolute atomic E-state index is 0.780. The van der Waals surface area contributed by atoms with E-state index in [4.69, 9.17) is 11.6 Å². The van der Waals surface area contributed by atoms with E-state index in [2.05, 4.69) is 10.3 Å². The maximum Gasteiger partial charge on any atom is 0.113 e. The fraction of sp³-hybridized carbons (Fsp3) is 0.727. The topological polar surface area (TPSA) is 24.9 Å². The molecule has 0 unspecified atom stereocenters. The molecule has 1 aromatic rings. The predicted octanol–water partition coefficient (Wildman–Crippen LogP) is 3.47. The summed E-state index contributed by atoms with van der Waals surface area (Å²) in [6.45, 7) is 1.98. The van der Waals surface area contributed by atoms with Crippen LogP contribution in [0.25, 0.3) is 0 Å². The summed E-state index contributed by atoms with van der Waals surface area (Å²) in [5, 5.41) is 4.52. The first kappa shape index (κ1) is 11.4. The molecule has 0 bridgehead atoms. The van der Waals surface area contributed by atoms with E-state index in [1.54, 1.807) is 17.5 Å². The predicted molar refractivity (Wildman–Crippen MR) is 65.4 cm³/mol. The van der Waals surface area contributed by atoms with Crippen LogP contribution < -0.4 is 5.32 Å². The lowest BCUT2D eigenvalue weighted by Gasteiger charge is -2.08. The molecular formula is C11H17ClN2S. The largest absolute Gasteiger partial charge is 0.310 e. The molecular weight excluding hydrogens is 228 g/mol. The van der Waals surface area contributed by atoms with Crippen LogP contribution in [0.3, 0.4) is 0 Å². The summed E-state index contributed by atoms with van der Waals surface area (Å²) in [5.41, 5.74) is 0. The Kier molecular flexibility index (Phi) is 4.42. The quantitative estimate of drug-likeness (QED) is 0.803. The molecule has 1 aliphatic rings. The summed E-state index contributed by atoms with van der Waals surface area (Å²) in [7, 11) is 0. The molecule has 4 heteroatoms. The molecule has 0 atom stereocenters. The SMILES string of the molecule is Clc1cnc(CNCCC2CCCC2)s1. The van der Waals surface area contributed by atoms with Gasteiger partial charge in [-0.15, -0.1) is 11.3 Å². The van der Waals surface area contributed by atoms with Gasteiger partial charge in [0.25, 0.3) is 0 Å². The molecule has 1 aromatic heterocycles. The number of thiazole rings is 1. The lowest BCUT2D eigenvalue weighted by molar-refractivity contribution is 0.477. The Morgan fingerprint density at radius 3 is 2.93 bits per heavy atom. The number of nitrogens with zero attached hydrogens (tertiary/aromatic N) is 1. The van der Waals surface area contributed by atoms with E-state index in [9.17, 15) is 0 Å². The lowest BCUT2D eigenvalue weighted by Crippen LogP contribution is -2.16. The zero-order chi connectivity index (χ0) is 10.5. The Bertz CT molecular complexity index is 295. The highest BCUT2D eigenvalue weighted by atomic mass is 35.5. The third kappa shape index (κ3) is 3.74. The number of hydrogen-bond acceptors (Lipinski definition) is 3. The fourth-order valence-corrected chi connectivity index (χ4v) is 3.10. The van der Waals surface area contributed by atoms with Crippen LogP contribution in [-0.4, -0.2) is 11.5 Å². The minimum atomic E-state index is 0.780. The highest BCUT2D eigenvalue weighted by molar-refractivity contribution is 7.15. The van der Waals surface area contributed by atoms with Crippen molar-refractivity contribution in [2.75, 3.05) is 6.54 Å². The van der Waals surface area contributed by atoms with Crippen molar-refractivity contribution >= 4 is 22.9 Å². The lowest BCUT2D eigenvalue weighted by atomic mass is 10.0. The van der Waals surface area contributed by atoms with Gasteiger partial charge in [0, 0.05) is 6.54 Å². The third-order valence-corrected chi connectivity index (χ3v) is 4.12. The summed E-state index contributed by atoms with van der Waals surface area (Å²) < 4.78 is 0.780. The van der Waals surface area contributed by atoms with Gasteiger partial charge in [0.05, 0.1) is 6.20 Å². The Balaban J connectivity index is 1.58. The zero-order valence-electron chi connectivity index (χ0n) is 8.84. The van der Waals surface area contributed by atoms with Crippen LogP contribution in [0.1, 0.15) is 37.1 Å². The maximum atomic E-state index is 5.81. The van der Waals surface area contributed by atoms with Crippen molar-refractivity contribution in [3.8, 4) is 0 Å². The number of halogens is 1. The van der Waals surface area contributed by atoms with Crippen molar-refractivity contribution in [2.24, 2.45) is 5.92 Å². The normalized spacial score (nSPS) is 17.4. The Labute approximate surface area is 100 Å². The molecule has 1 N–H and O–H groups in total. The number of nitrogens with one attached hydrogen (secondary N) is 1. The van der Waals surface area contributed by atoms with Gasteiger partial charge in [0.2, 0.25) is 0 Å². The van der Waals surface area contributed by atoms with E-state index in [1.807, 2.05) is 0 Å². The van der Waals surface area contributed by atoms with Crippen molar-refractivity contribution in [2.45, 2.75) is 38.6 Å². The number of aromatic nitrogens is 1. The van der Waals surface area contributed by atoms with Crippen molar-refractivity contribution in [1.29, 1.82) is 0 Å². The van der Waals surface area contributed by atoms with Gasteiger partial charge in [-0.1, -0.05) is 37.3 Å². The number of hydrogen-bond donors (Lipinski definition) is 1.